The molecule has 0 aliphatic rings. The molecule has 0 aliphatic carbocycles. The van der Waals surface area contributed by atoms with Crippen LogP contribution in [0.25, 0.3) is 0 Å². The minimum absolute atomic E-state index is 0.123. The van der Waals surface area contributed by atoms with Crippen molar-refractivity contribution >= 4 is 0 Å². The SMILES string of the molecule is CCc1nncn1CCNC(C)c1cc(F)cc(F)c1. The van der Waals surface area contributed by atoms with Gasteiger partial charge in [-0.1, -0.05) is 6.92 Å². The molecule has 1 atom stereocenters. The maximum Gasteiger partial charge on any atom is 0.132 e. The second kappa shape index (κ2) is 6.56. The highest BCUT2D eigenvalue weighted by Crippen LogP contribution is 2.15. The number of benzene rings is 1. The Morgan fingerprint density at radius 3 is 2.60 bits per heavy atom. The number of rotatable bonds is 6. The summed E-state index contributed by atoms with van der Waals surface area (Å²) in [6.45, 7) is 5.29. The lowest BCUT2D eigenvalue weighted by Crippen LogP contribution is -2.24. The zero-order chi connectivity index (χ0) is 14.5. The molecule has 2 rings (SSSR count). The van der Waals surface area contributed by atoms with E-state index in [0.29, 0.717) is 12.1 Å². The summed E-state index contributed by atoms with van der Waals surface area (Å²) in [6.07, 6.45) is 2.51. The molecule has 1 aromatic carbocycles. The quantitative estimate of drug-likeness (QED) is 0.884. The van der Waals surface area contributed by atoms with Gasteiger partial charge in [-0.15, -0.1) is 10.2 Å². The molecule has 20 heavy (non-hydrogen) atoms. The number of hydrogen-bond acceptors (Lipinski definition) is 3. The lowest BCUT2D eigenvalue weighted by atomic mass is 10.1. The van der Waals surface area contributed by atoms with Crippen LogP contribution in [0.15, 0.2) is 24.5 Å². The number of halogens is 2. The third-order valence-corrected chi connectivity index (χ3v) is 3.20. The number of hydrogen-bond donors (Lipinski definition) is 1. The van der Waals surface area contributed by atoms with E-state index in [1.54, 1.807) is 6.33 Å². The lowest BCUT2D eigenvalue weighted by molar-refractivity contribution is 0.513. The number of aromatic nitrogens is 3. The van der Waals surface area contributed by atoms with Gasteiger partial charge in [-0.2, -0.15) is 0 Å². The fourth-order valence-electron chi connectivity index (χ4n) is 2.08. The fraction of sp³-hybridized carbons (Fsp3) is 0.429. The van der Waals surface area contributed by atoms with Crippen LogP contribution in [0.1, 0.15) is 31.3 Å². The van der Waals surface area contributed by atoms with Gasteiger partial charge in [0.1, 0.15) is 23.8 Å². The van der Waals surface area contributed by atoms with E-state index in [4.69, 9.17) is 0 Å². The molecule has 108 valence electrons. The molecular weight excluding hydrogens is 262 g/mol. The van der Waals surface area contributed by atoms with Gasteiger partial charge in [0.25, 0.3) is 0 Å². The molecule has 0 saturated heterocycles. The third-order valence-electron chi connectivity index (χ3n) is 3.20. The first-order valence-corrected chi connectivity index (χ1v) is 6.66. The van der Waals surface area contributed by atoms with Crippen LogP contribution in [-0.4, -0.2) is 21.3 Å². The average Bonchev–Trinajstić information content (AvgIpc) is 2.85. The van der Waals surface area contributed by atoms with Gasteiger partial charge in [-0.05, 0) is 24.6 Å². The molecule has 0 radical (unpaired) electrons. The largest absolute Gasteiger partial charge is 0.316 e. The smallest absolute Gasteiger partial charge is 0.132 e. The van der Waals surface area contributed by atoms with Gasteiger partial charge in [-0.25, -0.2) is 8.78 Å². The van der Waals surface area contributed by atoms with Crippen LogP contribution in [0.3, 0.4) is 0 Å². The monoisotopic (exact) mass is 280 g/mol. The summed E-state index contributed by atoms with van der Waals surface area (Å²) in [6, 6.07) is 3.44. The van der Waals surface area contributed by atoms with Gasteiger partial charge in [0.05, 0.1) is 0 Å². The van der Waals surface area contributed by atoms with Gasteiger partial charge in [0.2, 0.25) is 0 Å². The Kier molecular flexibility index (Phi) is 4.79. The van der Waals surface area contributed by atoms with Crippen molar-refractivity contribution in [3.63, 3.8) is 0 Å². The summed E-state index contributed by atoms with van der Waals surface area (Å²) < 4.78 is 28.3. The summed E-state index contributed by atoms with van der Waals surface area (Å²) in [5.41, 5.74) is 0.599. The molecule has 0 fully saturated rings. The van der Waals surface area contributed by atoms with Crippen molar-refractivity contribution in [1.29, 1.82) is 0 Å². The summed E-state index contributed by atoms with van der Waals surface area (Å²) in [5, 5.41) is 11.1. The van der Waals surface area contributed by atoms with E-state index < -0.39 is 11.6 Å². The van der Waals surface area contributed by atoms with Crippen molar-refractivity contribution < 1.29 is 8.78 Å². The molecule has 0 aliphatic heterocycles. The molecule has 0 saturated carbocycles. The molecule has 1 unspecified atom stereocenters. The van der Waals surface area contributed by atoms with E-state index in [2.05, 4.69) is 15.5 Å². The van der Waals surface area contributed by atoms with E-state index in [1.807, 2.05) is 18.4 Å². The second-order valence-electron chi connectivity index (χ2n) is 4.67. The molecule has 0 amide bonds. The van der Waals surface area contributed by atoms with Crippen molar-refractivity contribution in [3.05, 3.63) is 47.5 Å². The van der Waals surface area contributed by atoms with E-state index in [-0.39, 0.29) is 6.04 Å². The Morgan fingerprint density at radius 2 is 1.95 bits per heavy atom. The predicted molar refractivity (Wildman–Crippen MR) is 72.2 cm³/mol. The molecule has 2 aromatic rings. The van der Waals surface area contributed by atoms with Crippen LogP contribution in [0.2, 0.25) is 0 Å². The Balaban J connectivity index is 1.90. The zero-order valence-electron chi connectivity index (χ0n) is 11.6. The molecule has 1 N–H and O–H groups in total. The zero-order valence-corrected chi connectivity index (χ0v) is 11.6. The summed E-state index contributed by atoms with van der Waals surface area (Å²) in [5.74, 6) is -0.183. The van der Waals surface area contributed by atoms with Crippen molar-refractivity contribution in [2.75, 3.05) is 6.54 Å². The van der Waals surface area contributed by atoms with Gasteiger partial charge in [0.15, 0.2) is 0 Å². The normalized spacial score (nSPS) is 12.6. The van der Waals surface area contributed by atoms with Gasteiger partial charge in [-0.3, -0.25) is 0 Å². The predicted octanol–water partition coefficient (Wildman–Crippen LogP) is 2.47. The lowest BCUT2D eigenvalue weighted by Gasteiger charge is -2.15. The van der Waals surface area contributed by atoms with E-state index in [9.17, 15) is 8.78 Å². The van der Waals surface area contributed by atoms with Crippen LogP contribution in [0.4, 0.5) is 8.78 Å². The third kappa shape index (κ3) is 3.60. The van der Waals surface area contributed by atoms with Crippen molar-refractivity contribution in [1.82, 2.24) is 20.1 Å². The summed E-state index contributed by atoms with van der Waals surface area (Å²) in [7, 11) is 0. The first-order chi connectivity index (χ1) is 9.60. The molecule has 6 heteroatoms. The molecular formula is C14H18F2N4. The summed E-state index contributed by atoms with van der Waals surface area (Å²) >= 11 is 0. The molecule has 4 nitrogen and oxygen atoms in total. The highest BCUT2D eigenvalue weighted by atomic mass is 19.1. The Morgan fingerprint density at radius 1 is 1.25 bits per heavy atom. The first-order valence-electron chi connectivity index (χ1n) is 6.66. The maximum absolute atomic E-state index is 13.1. The highest BCUT2D eigenvalue weighted by Gasteiger charge is 2.08. The second-order valence-corrected chi connectivity index (χ2v) is 4.67. The van der Waals surface area contributed by atoms with Crippen LogP contribution in [0, 0.1) is 11.6 Å². The number of nitrogens with one attached hydrogen (secondary N) is 1. The van der Waals surface area contributed by atoms with E-state index >= 15 is 0 Å². The standard InChI is InChI=1S/C14H18F2N4/c1-3-14-19-18-9-20(14)5-4-17-10(2)11-6-12(15)8-13(16)7-11/h6-10,17H,3-5H2,1-2H3. The maximum atomic E-state index is 13.1. The van der Waals surface area contributed by atoms with Gasteiger partial charge >= 0.3 is 0 Å². The van der Waals surface area contributed by atoms with Gasteiger partial charge < -0.3 is 9.88 Å². The van der Waals surface area contributed by atoms with Crippen LogP contribution >= 0.6 is 0 Å². The summed E-state index contributed by atoms with van der Waals surface area (Å²) in [4.78, 5) is 0. The van der Waals surface area contributed by atoms with E-state index in [0.717, 1.165) is 24.9 Å². The van der Waals surface area contributed by atoms with Crippen LogP contribution in [-0.2, 0) is 13.0 Å². The van der Waals surface area contributed by atoms with Gasteiger partial charge in [0, 0.05) is 31.6 Å². The van der Waals surface area contributed by atoms with Crippen LogP contribution in [0.5, 0.6) is 0 Å². The minimum Gasteiger partial charge on any atom is -0.316 e. The number of nitrogens with zero attached hydrogens (tertiary/aromatic N) is 3. The first kappa shape index (κ1) is 14.6. The highest BCUT2D eigenvalue weighted by molar-refractivity contribution is 5.20. The Bertz CT molecular complexity index is 548. The van der Waals surface area contributed by atoms with Crippen LogP contribution < -0.4 is 5.32 Å². The molecule has 0 bridgehead atoms. The minimum atomic E-state index is -0.555. The topological polar surface area (TPSA) is 42.7 Å². The fourth-order valence-corrected chi connectivity index (χ4v) is 2.08. The van der Waals surface area contributed by atoms with E-state index in [1.165, 1.54) is 12.1 Å². The van der Waals surface area contributed by atoms with Crippen molar-refractivity contribution in [2.45, 2.75) is 32.9 Å². The molecule has 1 heterocycles. The Hall–Kier alpha value is -1.82. The van der Waals surface area contributed by atoms with Crippen molar-refractivity contribution in [2.24, 2.45) is 0 Å². The van der Waals surface area contributed by atoms with Crippen molar-refractivity contribution in [3.8, 4) is 0 Å². The molecule has 1 aromatic heterocycles. The molecule has 0 spiro atoms. The Labute approximate surface area is 116 Å². The average molecular weight is 280 g/mol. The number of aryl methyl sites for hydroxylation is 1.